The van der Waals surface area contributed by atoms with Gasteiger partial charge in [0.2, 0.25) is 29.5 Å². The van der Waals surface area contributed by atoms with Gasteiger partial charge in [0.15, 0.2) is 17.9 Å². The Morgan fingerprint density at radius 3 is 1.27 bits per heavy atom. The van der Waals surface area contributed by atoms with Gasteiger partial charge in [-0.25, -0.2) is 4.79 Å². The summed E-state index contributed by atoms with van der Waals surface area (Å²) in [6.07, 6.45) is 1.34. The molecular weight excluding hydrogens is 684 g/mol. The van der Waals surface area contributed by atoms with Crippen LogP contribution in [-0.2, 0) is 28.8 Å². The van der Waals surface area contributed by atoms with Gasteiger partial charge in [-0.15, -0.1) is 0 Å². The maximum atomic E-state index is 13.6. The van der Waals surface area contributed by atoms with Gasteiger partial charge in [0.25, 0.3) is 0 Å². The van der Waals surface area contributed by atoms with Gasteiger partial charge in [-0.1, -0.05) is 0 Å². The third kappa shape index (κ3) is 22.3. The summed E-state index contributed by atoms with van der Waals surface area (Å²) in [7, 11) is 0. The quantitative estimate of drug-likeness (QED) is 0.0201. The number of guanidine groups is 3. The highest BCUT2D eigenvalue weighted by atomic mass is 16.4. The van der Waals surface area contributed by atoms with E-state index in [1.807, 2.05) is 0 Å². The standard InChI is InChI=1S/C29H58N16O7/c30-12-2-1-7-17(24(49)45-20(26(51)52)9-5-15-41-29(37)38)43-25(50)19(10-11-21(32)46)44-23(48)18(8-4-14-40-28(35)36)42-22(47)16(31)6-3-13-39-27(33)34/h16-20H,1-15,30-31H2,(H2,32,46)(H,42,47)(H,43,50)(H,44,48)(H,45,49)(H,51,52)(H4,33,34,39)(H4,35,36,40)(H4,37,38,41)/t16-,17-,18-,19-,20-/m0/s1. The van der Waals surface area contributed by atoms with Gasteiger partial charge >= 0.3 is 5.97 Å². The van der Waals surface area contributed by atoms with E-state index in [4.69, 9.17) is 51.6 Å². The largest absolute Gasteiger partial charge is 0.480 e. The first-order valence-corrected chi connectivity index (χ1v) is 16.8. The molecule has 23 nitrogen and oxygen atoms in total. The summed E-state index contributed by atoms with van der Waals surface area (Å²) in [5.74, 6) is -5.73. The molecule has 0 aliphatic heterocycles. The second-order valence-electron chi connectivity index (χ2n) is 11.8. The number of nitrogens with zero attached hydrogens (tertiary/aromatic N) is 3. The molecule has 0 spiro atoms. The number of hydrogen-bond acceptors (Lipinski definition) is 11. The molecule has 0 unspecified atom stereocenters. The summed E-state index contributed by atoms with van der Waals surface area (Å²) in [5, 5.41) is 19.7. The molecule has 23 N–H and O–H groups in total. The highest BCUT2D eigenvalue weighted by molar-refractivity contribution is 5.95. The first kappa shape index (κ1) is 46.5. The number of carboxylic acid groups (broad SMARTS) is 1. The Morgan fingerprint density at radius 1 is 0.500 bits per heavy atom. The maximum Gasteiger partial charge on any atom is 0.326 e. The fourth-order valence-electron chi connectivity index (χ4n) is 4.60. The number of carbonyl (C=O) groups is 6. The molecule has 0 aromatic rings. The van der Waals surface area contributed by atoms with Crippen molar-refractivity contribution >= 4 is 53.4 Å². The minimum Gasteiger partial charge on any atom is -0.480 e. The van der Waals surface area contributed by atoms with Crippen LogP contribution in [0.3, 0.4) is 0 Å². The summed E-state index contributed by atoms with van der Waals surface area (Å²) in [6, 6.07) is -6.26. The molecule has 0 aromatic heterocycles. The number of nitrogens with one attached hydrogen (secondary N) is 4. The van der Waals surface area contributed by atoms with Gasteiger partial charge in [0, 0.05) is 26.1 Å². The topological polar surface area (TPSA) is 442 Å². The van der Waals surface area contributed by atoms with Crippen LogP contribution < -0.4 is 72.9 Å². The molecule has 0 aromatic carbocycles. The first-order chi connectivity index (χ1) is 24.5. The van der Waals surface area contributed by atoms with Crippen molar-refractivity contribution in [1.29, 1.82) is 0 Å². The number of rotatable bonds is 28. The molecule has 0 saturated heterocycles. The average Bonchev–Trinajstić information content (AvgIpc) is 3.06. The monoisotopic (exact) mass is 742 g/mol. The van der Waals surface area contributed by atoms with Crippen LogP contribution >= 0.6 is 0 Å². The van der Waals surface area contributed by atoms with E-state index >= 15 is 0 Å². The number of aliphatic imine (C=N–C) groups is 3. The lowest BCUT2D eigenvalue weighted by atomic mass is 10.0. The van der Waals surface area contributed by atoms with E-state index in [0.29, 0.717) is 25.8 Å². The van der Waals surface area contributed by atoms with Crippen molar-refractivity contribution < 1.29 is 33.9 Å². The molecule has 23 heteroatoms. The molecule has 5 atom stereocenters. The molecule has 0 saturated carbocycles. The summed E-state index contributed by atoms with van der Waals surface area (Å²) in [6.45, 7) is 0.757. The zero-order valence-electron chi connectivity index (χ0n) is 29.4. The van der Waals surface area contributed by atoms with Crippen LogP contribution in [0.2, 0.25) is 0 Å². The number of hydrogen-bond donors (Lipinski definition) is 14. The lowest BCUT2D eigenvalue weighted by Crippen LogP contribution is -2.58. The van der Waals surface area contributed by atoms with E-state index < -0.39 is 65.7 Å². The summed E-state index contributed by atoms with van der Waals surface area (Å²) < 4.78 is 0. The molecule has 0 aliphatic rings. The molecular formula is C29H58N16O7. The average molecular weight is 743 g/mol. The summed E-state index contributed by atoms with van der Waals surface area (Å²) >= 11 is 0. The van der Waals surface area contributed by atoms with Crippen LogP contribution in [0.15, 0.2) is 15.0 Å². The van der Waals surface area contributed by atoms with Crippen molar-refractivity contribution in [2.24, 2.45) is 66.6 Å². The first-order valence-electron chi connectivity index (χ1n) is 16.8. The van der Waals surface area contributed by atoms with E-state index in [0.717, 1.165) is 0 Å². The van der Waals surface area contributed by atoms with Gasteiger partial charge in [-0.05, 0) is 70.8 Å². The summed E-state index contributed by atoms with van der Waals surface area (Å²) in [5.41, 5.74) is 48.9. The van der Waals surface area contributed by atoms with Crippen LogP contribution in [-0.4, -0.2) is 115 Å². The Kier molecular flexibility index (Phi) is 23.6. The fourth-order valence-corrected chi connectivity index (χ4v) is 4.60. The molecule has 296 valence electrons. The normalized spacial score (nSPS) is 13.5. The van der Waals surface area contributed by atoms with Crippen molar-refractivity contribution in [3.8, 4) is 0 Å². The Morgan fingerprint density at radius 2 is 0.865 bits per heavy atom. The number of aliphatic carboxylic acids is 1. The minimum absolute atomic E-state index is 0.0170. The summed E-state index contributed by atoms with van der Waals surface area (Å²) in [4.78, 5) is 88.4. The van der Waals surface area contributed by atoms with Crippen LogP contribution in [0.4, 0.5) is 0 Å². The maximum absolute atomic E-state index is 13.6. The van der Waals surface area contributed by atoms with Gasteiger partial charge in [0.1, 0.15) is 24.2 Å². The molecule has 5 amide bonds. The fraction of sp³-hybridized carbons (Fsp3) is 0.690. The molecule has 0 aliphatic carbocycles. The molecule has 52 heavy (non-hydrogen) atoms. The Balaban J connectivity index is 6.07. The number of carbonyl (C=O) groups excluding carboxylic acids is 5. The van der Waals surface area contributed by atoms with Crippen LogP contribution in [0.25, 0.3) is 0 Å². The minimum atomic E-state index is -1.41. The third-order valence-corrected chi connectivity index (χ3v) is 7.33. The van der Waals surface area contributed by atoms with E-state index in [2.05, 4.69) is 36.2 Å². The number of carboxylic acids is 1. The molecule has 0 bridgehead atoms. The number of primary amides is 1. The van der Waals surface area contributed by atoms with E-state index in [9.17, 15) is 33.9 Å². The van der Waals surface area contributed by atoms with Crippen molar-refractivity contribution in [2.45, 2.75) is 101 Å². The lowest BCUT2D eigenvalue weighted by molar-refractivity contribution is -0.142. The zero-order valence-corrected chi connectivity index (χ0v) is 29.4. The van der Waals surface area contributed by atoms with E-state index in [1.54, 1.807) is 0 Å². The van der Waals surface area contributed by atoms with Crippen LogP contribution in [0, 0.1) is 0 Å². The predicted molar refractivity (Wildman–Crippen MR) is 194 cm³/mol. The molecule has 0 rings (SSSR count). The lowest BCUT2D eigenvalue weighted by Gasteiger charge is -2.26. The number of amides is 5. The zero-order chi connectivity index (χ0) is 39.6. The van der Waals surface area contributed by atoms with Crippen LogP contribution in [0.1, 0.15) is 70.6 Å². The van der Waals surface area contributed by atoms with Crippen molar-refractivity contribution in [1.82, 2.24) is 21.3 Å². The smallest absolute Gasteiger partial charge is 0.326 e. The second-order valence-corrected chi connectivity index (χ2v) is 11.8. The molecule has 0 radical (unpaired) electrons. The SMILES string of the molecule is NCCCC[C@H](NC(=O)[C@H](CCC(N)=O)NC(=O)[C@H](CCCN=C(N)N)NC(=O)[C@@H](N)CCCN=C(N)N)C(=O)N[C@@H](CCCN=C(N)N)C(=O)O. The third-order valence-electron chi connectivity index (χ3n) is 7.33. The Hall–Kier alpha value is -5.45. The van der Waals surface area contributed by atoms with E-state index in [-0.39, 0.29) is 88.9 Å². The molecule has 0 fully saturated rings. The highest BCUT2D eigenvalue weighted by Gasteiger charge is 2.31. The van der Waals surface area contributed by atoms with Gasteiger partial charge in [-0.2, -0.15) is 0 Å². The van der Waals surface area contributed by atoms with Gasteiger partial charge in [0.05, 0.1) is 6.04 Å². The van der Waals surface area contributed by atoms with Gasteiger partial charge < -0.3 is 78.0 Å². The van der Waals surface area contributed by atoms with Crippen molar-refractivity contribution in [3.63, 3.8) is 0 Å². The Labute approximate surface area is 302 Å². The van der Waals surface area contributed by atoms with Crippen molar-refractivity contribution in [3.05, 3.63) is 0 Å². The number of unbranched alkanes of at least 4 members (excludes halogenated alkanes) is 1. The van der Waals surface area contributed by atoms with Crippen molar-refractivity contribution in [2.75, 3.05) is 26.2 Å². The highest BCUT2D eigenvalue weighted by Crippen LogP contribution is 2.08. The predicted octanol–water partition coefficient (Wildman–Crippen LogP) is -6.11. The number of nitrogens with two attached hydrogens (primary N) is 9. The molecule has 0 heterocycles. The van der Waals surface area contributed by atoms with E-state index in [1.165, 1.54) is 0 Å². The van der Waals surface area contributed by atoms with Gasteiger partial charge in [-0.3, -0.25) is 38.9 Å². The van der Waals surface area contributed by atoms with Crippen LogP contribution in [0.5, 0.6) is 0 Å². The second kappa shape index (κ2) is 26.4. The Bertz CT molecular complexity index is 1250.